The van der Waals surface area contributed by atoms with E-state index in [-0.39, 0.29) is 17.2 Å². The molecule has 2 aromatic heterocycles. The Kier molecular flexibility index (Phi) is 3.66. The van der Waals surface area contributed by atoms with Crippen molar-refractivity contribution in [3.8, 4) is 0 Å². The van der Waals surface area contributed by atoms with Crippen molar-refractivity contribution < 1.29 is 9.21 Å². The number of rotatable bonds is 3. The minimum Gasteiger partial charge on any atom is -0.462 e. The molecule has 0 radical (unpaired) electrons. The topological polar surface area (TPSA) is 64.2 Å². The smallest absolute Gasteiger partial charge is 0.274 e. The van der Waals surface area contributed by atoms with Crippen LogP contribution in [0.1, 0.15) is 11.5 Å². The second kappa shape index (κ2) is 5.39. The first kappa shape index (κ1) is 12.9. The molecule has 0 fully saturated rings. The van der Waals surface area contributed by atoms with Crippen LogP contribution in [0.4, 0.5) is 5.69 Å². The third-order valence-electron chi connectivity index (χ3n) is 2.54. The van der Waals surface area contributed by atoms with Crippen molar-refractivity contribution in [3.63, 3.8) is 0 Å². The van der Waals surface area contributed by atoms with Crippen LogP contribution in [0.15, 0.2) is 45.8 Å². The second-order valence-electron chi connectivity index (χ2n) is 4.11. The Morgan fingerprint density at radius 1 is 1.37 bits per heavy atom. The number of pyridine rings is 1. The summed E-state index contributed by atoms with van der Waals surface area (Å²) in [6, 6.07) is 6.83. The van der Waals surface area contributed by atoms with Gasteiger partial charge in [-0.1, -0.05) is 0 Å². The number of furan rings is 1. The van der Waals surface area contributed by atoms with Gasteiger partial charge in [0.1, 0.15) is 17.2 Å². The summed E-state index contributed by atoms with van der Waals surface area (Å²) in [7, 11) is 1.62. The summed E-state index contributed by atoms with van der Waals surface area (Å²) in [5.41, 5.74) is -0.00614. The van der Waals surface area contributed by atoms with Crippen LogP contribution in [0.25, 0.3) is 6.08 Å². The van der Waals surface area contributed by atoms with Gasteiger partial charge in [0.2, 0.25) is 5.91 Å². The van der Waals surface area contributed by atoms with E-state index in [1.807, 2.05) is 13.0 Å². The molecule has 0 atom stereocenters. The minimum atomic E-state index is -0.377. The van der Waals surface area contributed by atoms with Crippen molar-refractivity contribution in [1.82, 2.24) is 4.57 Å². The van der Waals surface area contributed by atoms with Crippen molar-refractivity contribution in [2.24, 2.45) is 7.05 Å². The first-order chi connectivity index (χ1) is 9.06. The molecular weight excluding hydrogens is 244 g/mol. The zero-order valence-electron chi connectivity index (χ0n) is 10.7. The lowest BCUT2D eigenvalue weighted by Crippen LogP contribution is -2.22. The molecule has 0 unspecified atom stereocenters. The largest absolute Gasteiger partial charge is 0.462 e. The molecule has 2 heterocycles. The zero-order valence-corrected chi connectivity index (χ0v) is 10.7. The summed E-state index contributed by atoms with van der Waals surface area (Å²) in [4.78, 5) is 23.4. The highest BCUT2D eigenvalue weighted by molar-refractivity contribution is 6.01. The Morgan fingerprint density at radius 3 is 2.84 bits per heavy atom. The summed E-state index contributed by atoms with van der Waals surface area (Å²) in [5, 5.41) is 2.53. The number of anilines is 1. The van der Waals surface area contributed by atoms with Crippen LogP contribution >= 0.6 is 0 Å². The average Bonchev–Trinajstić information content (AvgIpc) is 2.78. The van der Waals surface area contributed by atoms with Gasteiger partial charge in [0.25, 0.3) is 5.56 Å². The van der Waals surface area contributed by atoms with E-state index >= 15 is 0 Å². The van der Waals surface area contributed by atoms with E-state index in [0.29, 0.717) is 5.76 Å². The Hall–Kier alpha value is -2.56. The van der Waals surface area contributed by atoms with Crippen molar-refractivity contribution in [2.45, 2.75) is 6.92 Å². The molecule has 0 aliphatic rings. The first-order valence-electron chi connectivity index (χ1n) is 5.77. The fourth-order valence-corrected chi connectivity index (χ4v) is 1.57. The highest BCUT2D eigenvalue weighted by Crippen LogP contribution is 2.08. The van der Waals surface area contributed by atoms with Gasteiger partial charge in [-0.25, -0.2) is 0 Å². The third kappa shape index (κ3) is 3.22. The Balaban J connectivity index is 2.07. The lowest BCUT2D eigenvalue weighted by molar-refractivity contribution is -0.111. The van der Waals surface area contributed by atoms with Gasteiger partial charge >= 0.3 is 0 Å². The van der Waals surface area contributed by atoms with Crippen molar-refractivity contribution in [1.29, 1.82) is 0 Å². The molecule has 5 heteroatoms. The predicted molar refractivity (Wildman–Crippen MR) is 72.8 cm³/mol. The first-order valence-corrected chi connectivity index (χ1v) is 5.77. The Morgan fingerprint density at radius 2 is 2.16 bits per heavy atom. The van der Waals surface area contributed by atoms with Gasteiger partial charge in [-0.15, -0.1) is 0 Å². The number of aryl methyl sites for hydroxylation is 2. The predicted octanol–water partition coefficient (Wildman–Crippen LogP) is 1.94. The number of amides is 1. The van der Waals surface area contributed by atoms with E-state index in [0.717, 1.165) is 5.76 Å². The van der Waals surface area contributed by atoms with E-state index in [1.165, 1.54) is 10.6 Å². The van der Waals surface area contributed by atoms with Crippen LogP contribution in [-0.2, 0) is 11.8 Å². The lowest BCUT2D eigenvalue weighted by Gasteiger charge is -2.02. The number of nitrogens with one attached hydrogen (secondary N) is 1. The Bertz CT molecular complexity index is 680. The summed E-state index contributed by atoms with van der Waals surface area (Å²) < 4.78 is 6.69. The van der Waals surface area contributed by atoms with Crippen LogP contribution in [0.2, 0.25) is 0 Å². The minimum absolute atomic E-state index is 0.246. The maximum absolute atomic E-state index is 11.7. The van der Waals surface area contributed by atoms with Crippen LogP contribution in [-0.4, -0.2) is 10.5 Å². The summed E-state index contributed by atoms with van der Waals surface area (Å²) >= 11 is 0. The van der Waals surface area contributed by atoms with Crippen LogP contribution in [0, 0.1) is 6.92 Å². The molecule has 0 saturated carbocycles. The van der Waals surface area contributed by atoms with Crippen molar-refractivity contribution in [2.75, 3.05) is 5.32 Å². The number of hydrogen-bond acceptors (Lipinski definition) is 3. The third-order valence-corrected chi connectivity index (χ3v) is 2.54. The van der Waals surface area contributed by atoms with Gasteiger partial charge < -0.3 is 14.3 Å². The summed E-state index contributed by atoms with van der Waals surface area (Å²) in [5.74, 6) is 0.989. The molecule has 0 spiro atoms. The molecule has 2 rings (SSSR count). The van der Waals surface area contributed by atoms with E-state index in [1.54, 1.807) is 37.5 Å². The maximum atomic E-state index is 11.7. The summed E-state index contributed by atoms with van der Waals surface area (Å²) in [6.45, 7) is 1.82. The van der Waals surface area contributed by atoms with Gasteiger partial charge in [-0.05, 0) is 37.3 Å². The van der Waals surface area contributed by atoms with E-state index in [9.17, 15) is 9.59 Å². The highest BCUT2D eigenvalue weighted by atomic mass is 16.3. The van der Waals surface area contributed by atoms with Crippen LogP contribution in [0.3, 0.4) is 0 Å². The van der Waals surface area contributed by atoms with Crippen molar-refractivity contribution >= 4 is 17.7 Å². The fourth-order valence-electron chi connectivity index (χ4n) is 1.57. The Labute approximate surface area is 110 Å². The molecule has 0 bridgehead atoms. The van der Waals surface area contributed by atoms with Crippen molar-refractivity contribution in [3.05, 3.63) is 58.4 Å². The molecule has 19 heavy (non-hydrogen) atoms. The van der Waals surface area contributed by atoms with E-state index in [2.05, 4.69) is 5.32 Å². The van der Waals surface area contributed by atoms with Crippen LogP contribution < -0.4 is 10.9 Å². The molecule has 0 aliphatic heterocycles. The second-order valence-corrected chi connectivity index (χ2v) is 4.11. The average molecular weight is 258 g/mol. The van der Waals surface area contributed by atoms with Gasteiger partial charge in [-0.3, -0.25) is 9.59 Å². The van der Waals surface area contributed by atoms with Gasteiger partial charge in [0, 0.05) is 19.3 Å². The number of carbonyl (C=O) groups excluding carboxylic acids is 1. The zero-order chi connectivity index (χ0) is 13.8. The molecule has 0 aromatic carbocycles. The molecule has 5 nitrogen and oxygen atoms in total. The monoisotopic (exact) mass is 258 g/mol. The van der Waals surface area contributed by atoms with E-state index in [4.69, 9.17) is 4.42 Å². The number of nitrogens with zero attached hydrogens (tertiary/aromatic N) is 1. The molecule has 1 N–H and O–H groups in total. The fraction of sp³-hybridized carbons (Fsp3) is 0.143. The molecule has 2 aromatic rings. The highest BCUT2D eigenvalue weighted by Gasteiger charge is 2.03. The van der Waals surface area contributed by atoms with E-state index < -0.39 is 0 Å². The molecule has 0 saturated heterocycles. The molecule has 0 aliphatic carbocycles. The summed E-state index contributed by atoms with van der Waals surface area (Å²) in [6.07, 6.45) is 4.50. The quantitative estimate of drug-likeness (QED) is 0.856. The molecule has 98 valence electrons. The number of hydrogen-bond donors (Lipinski definition) is 1. The van der Waals surface area contributed by atoms with Crippen LogP contribution in [0.5, 0.6) is 0 Å². The lowest BCUT2D eigenvalue weighted by atomic mass is 10.3. The maximum Gasteiger partial charge on any atom is 0.274 e. The number of aromatic nitrogens is 1. The van der Waals surface area contributed by atoms with Gasteiger partial charge in [-0.2, -0.15) is 0 Å². The SMILES string of the molecule is Cc1ccc(/C=C\C(=O)Nc2cccn(C)c2=O)o1. The van der Waals surface area contributed by atoms with Gasteiger partial charge in [0.15, 0.2) is 0 Å². The van der Waals surface area contributed by atoms with Gasteiger partial charge in [0.05, 0.1) is 0 Å². The normalized spacial score (nSPS) is 10.8. The standard InChI is InChI=1S/C14H14N2O3/c1-10-5-6-11(19-10)7-8-13(17)15-12-4-3-9-16(2)14(12)18/h3-9H,1-2H3,(H,15,17)/b8-7-. The molecule has 1 amide bonds. The molecular formula is C14H14N2O3. The number of carbonyl (C=O) groups is 1.